The molecule has 2 heterocycles. The Morgan fingerprint density at radius 3 is 2.67 bits per heavy atom. The van der Waals surface area contributed by atoms with Gasteiger partial charge in [0.15, 0.2) is 0 Å². The first-order chi connectivity index (χ1) is 8.64. The molecule has 4 atom stereocenters. The van der Waals surface area contributed by atoms with Crippen LogP contribution in [0.4, 0.5) is 0 Å². The van der Waals surface area contributed by atoms with Crippen molar-refractivity contribution in [3.8, 4) is 0 Å². The highest BCUT2D eigenvalue weighted by Crippen LogP contribution is 2.59. The summed E-state index contributed by atoms with van der Waals surface area (Å²) < 4.78 is 1.38. The van der Waals surface area contributed by atoms with Gasteiger partial charge >= 0.3 is 0 Å². The van der Waals surface area contributed by atoms with Crippen molar-refractivity contribution in [2.45, 2.75) is 13.3 Å². The highest BCUT2D eigenvalue weighted by molar-refractivity contribution is 6.19. The Labute approximate surface area is 103 Å². The molecule has 1 aliphatic heterocycles. The van der Waals surface area contributed by atoms with Gasteiger partial charge in [0.2, 0.25) is 0 Å². The van der Waals surface area contributed by atoms with Gasteiger partial charge in [-0.1, -0.05) is 12.2 Å². The molecule has 6 nitrogen and oxygen atoms in total. The molecule has 2 aliphatic carbocycles. The van der Waals surface area contributed by atoms with Gasteiger partial charge in [-0.2, -0.15) is 5.01 Å². The summed E-state index contributed by atoms with van der Waals surface area (Å²) in [7, 11) is 0. The molecule has 6 heteroatoms. The van der Waals surface area contributed by atoms with E-state index in [-0.39, 0.29) is 29.6 Å². The number of hydrogen-bond donors (Lipinski definition) is 0. The Morgan fingerprint density at radius 2 is 2.00 bits per heavy atom. The predicted molar refractivity (Wildman–Crippen MR) is 60.6 cm³/mol. The van der Waals surface area contributed by atoms with E-state index in [0.717, 1.165) is 6.42 Å². The van der Waals surface area contributed by atoms with Crippen molar-refractivity contribution < 1.29 is 9.59 Å². The Bertz CT molecular complexity index is 579. The normalized spacial score (nSPS) is 40.9. The summed E-state index contributed by atoms with van der Waals surface area (Å²) in [5, 5.41) is 8.51. The second kappa shape index (κ2) is 2.88. The minimum atomic E-state index is -0.583. The van der Waals surface area contributed by atoms with Gasteiger partial charge in [-0.15, -0.1) is 10.2 Å². The number of rotatable bonds is 1. The number of fused-ring (bicyclic) bond motifs is 5. The van der Waals surface area contributed by atoms with Gasteiger partial charge in [0.1, 0.15) is 12.7 Å². The molecule has 1 saturated carbocycles. The summed E-state index contributed by atoms with van der Waals surface area (Å²) in [4.78, 5) is 25.1. The Morgan fingerprint density at radius 1 is 1.28 bits per heavy atom. The number of allylic oxidation sites excluding steroid dienone is 2. The second-order valence-corrected chi connectivity index (χ2v) is 5.45. The average Bonchev–Trinajstić information content (AvgIpc) is 3.04. The number of carbonyl (C=O) groups excluding carboxylic acids is 2. The van der Waals surface area contributed by atoms with E-state index in [4.69, 9.17) is 0 Å². The second-order valence-electron chi connectivity index (χ2n) is 5.45. The predicted octanol–water partition coefficient (Wildman–Crippen LogP) is 0.111. The number of imide groups is 1. The summed E-state index contributed by atoms with van der Waals surface area (Å²) >= 11 is 0. The molecule has 2 fully saturated rings. The van der Waals surface area contributed by atoms with Crippen LogP contribution in [-0.4, -0.2) is 26.7 Å². The molecule has 3 aliphatic rings. The van der Waals surface area contributed by atoms with Crippen LogP contribution >= 0.6 is 0 Å². The summed E-state index contributed by atoms with van der Waals surface area (Å²) in [6, 6.07) is 0. The largest absolute Gasteiger partial charge is 0.272 e. The third-order valence-electron chi connectivity index (χ3n) is 4.73. The van der Waals surface area contributed by atoms with Crippen LogP contribution in [0.2, 0.25) is 0 Å². The van der Waals surface area contributed by atoms with Crippen LogP contribution in [0.5, 0.6) is 0 Å². The van der Waals surface area contributed by atoms with Crippen molar-refractivity contribution in [2.75, 3.05) is 5.01 Å². The molecule has 0 spiro atoms. The molecule has 2 bridgehead atoms. The van der Waals surface area contributed by atoms with Crippen LogP contribution in [0, 0.1) is 23.2 Å². The minimum absolute atomic E-state index is 0.126. The number of amides is 2. The van der Waals surface area contributed by atoms with Crippen LogP contribution in [0.3, 0.4) is 0 Å². The summed E-state index contributed by atoms with van der Waals surface area (Å²) in [6.07, 6.45) is 7.86. The molecule has 4 rings (SSSR count). The number of aromatic nitrogens is 3. The Hall–Kier alpha value is -1.98. The Balaban J connectivity index is 1.85. The summed E-state index contributed by atoms with van der Waals surface area (Å²) in [5.74, 6) is -0.0842. The lowest BCUT2D eigenvalue weighted by Crippen LogP contribution is -2.43. The van der Waals surface area contributed by atoms with Gasteiger partial charge in [0, 0.05) is 0 Å². The van der Waals surface area contributed by atoms with E-state index in [0.29, 0.717) is 0 Å². The highest BCUT2D eigenvalue weighted by Gasteiger charge is 2.67. The summed E-state index contributed by atoms with van der Waals surface area (Å²) in [5.41, 5.74) is -0.583. The fourth-order valence-corrected chi connectivity index (χ4v) is 3.80. The standard InChI is InChI=1S/C12H12N4O2/c1-12-8-3-2-7(4-8)9(12)10(17)16(11(12)18)15-5-13-14-6-15/h2-3,5-9H,4H2,1H3/t7-,8-,9+,12-/m0/s1. The molecule has 0 unspecified atom stereocenters. The Kier molecular flexibility index (Phi) is 1.60. The van der Waals surface area contributed by atoms with Gasteiger partial charge in [-0.25, -0.2) is 4.68 Å². The topological polar surface area (TPSA) is 68.1 Å². The molecule has 18 heavy (non-hydrogen) atoms. The number of carbonyl (C=O) groups is 2. The van der Waals surface area contributed by atoms with Gasteiger partial charge in [-0.05, 0) is 25.2 Å². The van der Waals surface area contributed by atoms with E-state index >= 15 is 0 Å². The van der Waals surface area contributed by atoms with Gasteiger partial charge in [-0.3, -0.25) is 9.59 Å². The first-order valence-corrected chi connectivity index (χ1v) is 6.05. The van der Waals surface area contributed by atoms with E-state index in [2.05, 4.69) is 22.3 Å². The molecule has 1 aromatic heterocycles. The average molecular weight is 244 g/mol. The maximum absolute atomic E-state index is 12.6. The molecule has 2 amide bonds. The third kappa shape index (κ3) is 0.878. The van der Waals surface area contributed by atoms with E-state index in [1.165, 1.54) is 22.3 Å². The quantitative estimate of drug-likeness (QED) is 0.519. The zero-order chi connectivity index (χ0) is 12.5. The van der Waals surface area contributed by atoms with Crippen molar-refractivity contribution in [2.24, 2.45) is 23.2 Å². The lowest BCUT2D eigenvalue weighted by molar-refractivity contribution is -0.128. The van der Waals surface area contributed by atoms with E-state index in [1.54, 1.807) is 0 Å². The van der Waals surface area contributed by atoms with Gasteiger partial charge in [0.25, 0.3) is 11.8 Å². The first-order valence-electron chi connectivity index (χ1n) is 6.05. The lowest BCUT2D eigenvalue weighted by atomic mass is 9.71. The monoisotopic (exact) mass is 244 g/mol. The van der Waals surface area contributed by atoms with Crippen LogP contribution in [-0.2, 0) is 9.59 Å². The highest BCUT2D eigenvalue weighted by atomic mass is 16.2. The van der Waals surface area contributed by atoms with Crippen molar-refractivity contribution >= 4 is 11.8 Å². The minimum Gasteiger partial charge on any atom is -0.272 e. The van der Waals surface area contributed by atoms with Crippen molar-refractivity contribution in [1.29, 1.82) is 0 Å². The SMILES string of the molecule is C[C@@]12C(=O)N(n3cnnc3)C(=O)[C@H]1[C@H]1C=C[C@H]2C1. The molecular formula is C12H12N4O2. The molecule has 1 aromatic rings. The lowest BCUT2D eigenvalue weighted by Gasteiger charge is -2.27. The number of hydrogen-bond acceptors (Lipinski definition) is 4. The zero-order valence-corrected chi connectivity index (χ0v) is 9.85. The molecule has 0 aromatic carbocycles. The third-order valence-corrected chi connectivity index (χ3v) is 4.73. The van der Waals surface area contributed by atoms with Crippen molar-refractivity contribution in [1.82, 2.24) is 14.9 Å². The fraction of sp³-hybridized carbons (Fsp3) is 0.500. The maximum atomic E-state index is 12.6. The van der Waals surface area contributed by atoms with E-state index in [1.807, 2.05) is 6.92 Å². The molecule has 0 radical (unpaired) electrons. The summed E-state index contributed by atoms with van der Waals surface area (Å²) in [6.45, 7) is 1.91. The fourth-order valence-electron chi connectivity index (χ4n) is 3.80. The zero-order valence-electron chi connectivity index (χ0n) is 9.85. The van der Waals surface area contributed by atoms with Crippen LogP contribution in [0.25, 0.3) is 0 Å². The number of nitrogens with zero attached hydrogens (tertiary/aromatic N) is 4. The van der Waals surface area contributed by atoms with Gasteiger partial charge in [0.05, 0.1) is 11.3 Å². The maximum Gasteiger partial charge on any atom is 0.256 e. The van der Waals surface area contributed by atoms with Crippen LogP contribution in [0.15, 0.2) is 24.8 Å². The van der Waals surface area contributed by atoms with Crippen molar-refractivity contribution in [3.63, 3.8) is 0 Å². The van der Waals surface area contributed by atoms with Crippen LogP contribution < -0.4 is 5.01 Å². The van der Waals surface area contributed by atoms with Crippen molar-refractivity contribution in [3.05, 3.63) is 24.8 Å². The molecular weight excluding hydrogens is 232 g/mol. The molecule has 0 N–H and O–H groups in total. The smallest absolute Gasteiger partial charge is 0.256 e. The van der Waals surface area contributed by atoms with Crippen LogP contribution in [0.1, 0.15) is 13.3 Å². The molecule has 92 valence electrons. The first kappa shape index (κ1) is 9.99. The molecule has 1 saturated heterocycles. The van der Waals surface area contributed by atoms with Gasteiger partial charge < -0.3 is 0 Å². The van der Waals surface area contributed by atoms with E-state index < -0.39 is 5.41 Å². The van der Waals surface area contributed by atoms with E-state index in [9.17, 15) is 9.59 Å².